The van der Waals surface area contributed by atoms with Crippen molar-refractivity contribution in [3.8, 4) is 0 Å². The molecule has 2 rings (SSSR count). The van der Waals surface area contributed by atoms with Gasteiger partial charge in [-0.3, -0.25) is 4.72 Å². The number of benzene rings is 1. The van der Waals surface area contributed by atoms with Crippen LogP contribution < -0.4 is 10.5 Å². The van der Waals surface area contributed by atoms with Gasteiger partial charge in [-0.05, 0) is 18.2 Å². The molecule has 1 heterocycles. The molecular weight excluding hydrogens is 357 g/mol. The van der Waals surface area contributed by atoms with Gasteiger partial charge < -0.3 is 10.9 Å². The highest BCUT2D eigenvalue weighted by molar-refractivity contribution is 7.93. The third-order valence-electron chi connectivity index (χ3n) is 2.47. The number of anilines is 1. The number of halogens is 2. The Bertz CT molecular complexity index is 803. The quantitative estimate of drug-likeness (QED) is 0.335. The van der Waals surface area contributed by atoms with Crippen molar-refractivity contribution in [2.75, 3.05) is 4.72 Å². The van der Waals surface area contributed by atoms with Crippen molar-refractivity contribution < 1.29 is 13.6 Å². The molecule has 4 N–H and O–H groups in total. The zero-order chi connectivity index (χ0) is 15.6. The number of nitrogens with one attached hydrogen (secondary N) is 1. The van der Waals surface area contributed by atoms with Crippen LogP contribution in [0.25, 0.3) is 0 Å². The molecule has 0 aliphatic rings. The lowest BCUT2D eigenvalue weighted by Crippen LogP contribution is -2.19. The number of para-hydroxylation sites is 1. The largest absolute Gasteiger partial charge is 0.409 e. The molecule has 1 aromatic carbocycles. The van der Waals surface area contributed by atoms with E-state index in [0.29, 0.717) is 0 Å². The maximum absolute atomic E-state index is 12.3. The molecule has 0 unspecified atom stereocenters. The van der Waals surface area contributed by atoms with E-state index in [-0.39, 0.29) is 30.7 Å². The monoisotopic (exact) mass is 365 g/mol. The van der Waals surface area contributed by atoms with Crippen LogP contribution in [0.5, 0.6) is 0 Å². The first kappa shape index (κ1) is 15.9. The number of oxime groups is 1. The Labute approximate surface area is 134 Å². The Morgan fingerprint density at radius 1 is 1.33 bits per heavy atom. The third kappa shape index (κ3) is 3.41. The second kappa shape index (κ2) is 6.10. The lowest BCUT2D eigenvalue weighted by atomic mass is 10.2. The van der Waals surface area contributed by atoms with E-state index >= 15 is 0 Å². The van der Waals surface area contributed by atoms with Gasteiger partial charge in [0.15, 0.2) is 5.84 Å². The van der Waals surface area contributed by atoms with Crippen molar-refractivity contribution in [1.82, 2.24) is 0 Å². The molecule has 0 atom stereocenters. The minimum Gasteiger partial charge on any atom is -0.409 e. The number of thiophene rings is 1. The van der Waals surface area contributed by atoms with Crippen LogP contribution in [-0.4, -0.2) is 19.5 Å². The van der Waals surface area contributed by atoms with Gasteiger partial charge in [0.2, 0.25) is 0 Å². The summed E-state index contributed by atoms with van der Waals surface area (Å²) < 4.78 is 27.3. The van der Waals surface area contributed by atoms with Crippen LogP contribution in [0.1, 0.15) is 5.56 Å². The molecule has 0 radical (unpaired) electrons. The average Bonchev–Trinajstić information content (AvgIpc) is 2.78. The van der Waals surface area contributed by atoms with Crippen LogP contribution >= 0.6 is 34.5 Å². The van der Waals surface area contributed by atoms with Crippen LogP contribution in [0.15, 0.2) is 40.4 Å². The van der Waals surface area contributed by atoms with E-state index in [1.165, 1.54) is 18.2 Å². The lowest BCUT2D eigenvalue weighted by Gasteiger charge is -2.11. The highest BCUT2D eigenvalue weighted by Crippen LogP contribution is 2.35. The van der Waals surface area contributed by atoms with E-state index in [4.69, 9.17) is 34.1 Å². The van der Waals surface area contributed by atoms with E-state index in [1.54, 1.807) is 12.1 Å². The molecule has 21 heavy (non-hydrogen) atoms. The first-order valence-corrected chi connectivity index (χ1v) is 8.45. The Hall–Kier alpha value is -1.48. The van der Waals surface area contributed by atoms with E-state index in [2.05, 4.69) is 9.88 Å². The molecule has 0 spiro atoms. The molecule has 1 aromatic heterocycles. The topological polar surface area (TPSA) is 105 Å². The molecule has 0 bridgehead atoms. The first-order chi connectivity index (χ1) is 9.85. The number of hydrogen-bond acceptors (Lipinski definition) is 5. The number of nitrogens with two attached hydrogens (primary N) is 1. The average molecular weight is 366 g/mol. The molecule has 112 valence electrons. The Balaban J connectivity index is 2.45. The van der Waals surface area contributed by atoms with Crippen molar-refractivity contribution >= 4 is 56.1 Å². The fourth-order valence-electron chi connectivity index (χ4n) is 1.56. The summed E-state index contributed by atoms with van der Waals surface area (Å²) in [5.74, 6) is -0.220. The van der Waals surface area contributed by atoms with Crippen molar-refractivity contribution in [2.45, 2.75) is 4.90 Å². The lowest BCUT2D eigenvalue weighted by molar-refractivity contribution is 0.318. The van der Waals surface area contributed by atoms with Gasteiger partial charge >= 0.3 is 0 Å². The van der Waals surface area contributed by atoms with Crippen molar-refractivity contribution in [3.63, 3.8) is 0 Å². The van der Waals surface area contributed by atoms with E-state index in [0.717, 1.165) is 11.3 Å². The maximum Gasteiger partial charge on any atom is 0.264 e. The Morgan fingerprint density at radius 2 is 2.00 bits per heavy atom. The Kier molecular flexibility index (Phi) is 4.62. The van der Waals surface area contributed by atoms with Crippen LogP contribution in [0.4, 0.5) is 5.69 Å². The first-order valence-electron chi connectivity index (χ1n) is 5.39. The van der Waals surface area contributed by atoms with Crippen molar-refractivity contribution in [1.29, 1.82) is 0 Å². The van der Waals surface area contributed by atoms with Gasteiger partial charge in [0.25, 0.3) is 10.0 Å². The summed E-state index contributed by atoms with van der Waals surface area (Å²) in [6, 6.07) is 7.47. The molecule has 0 fully saturated rings. The van der Waals surface area contributed by atoms with Gasteiger partial charge in [-0.1, -0.05) is 40.5 Å². The maximum atomic E-state index is 12.3. The molecular formula is C11H9Cl2N3O3S2. The number of amidine groups is 1. The van der Waals surface area contributed by atoms with Gasteiger partial charge in [0.1, 0.15) is 9.23 Å². The summed E-state index contributed by atoms with van der Waals surface area (Å²) >= 11 is 12.5. The van der Waals surface area contributed by atoms with Crippen LogP contribution in [0, 0.1) is 0 Å². The SMILES string of the molecule is N/C(=N/O)c1ccccc1NS(=O)(=O)c1cc(Cl)sc1Cl. The molecule has 0 amide bonds. The highest BCUT2D eigenvalue weighted by Gasteiger charge is 2.22. The molecule has 2 aromatic rings. The zero-order valence-corrected chi connectivity index (χ0v) is 13.4. The number of rotatable bonds is 4. The molecule has 0 saturated carbocycles. The second-order valence-electron chi connectivity index (χ2n) is 3.82. The minimum absolute atomic E-state index is 0.0498. The van der Waals surface area contributed by atoms with Crippen LogP contribution in [0.3, 0.4) is 0 Å². The predicted octanol–water partition coefficient (Wildman–Crippen LogP) is 2.95. The van der Waals surface area contributed by atoms with Gasteiger partial charge in [-0.2, -0.15) is 0 Å². The summed E-state index contributed by atoms with van der Waals surface area (Å²) in [5, 5.41) is 11.6. The van der Waals surface area contributed by atoms with Crippen LogP contribution in [-0.2, 0) is 10.0 Å². The molecule has 0 aliphatic carbocycles. The van der Waals surface area contributed by atoms with Gasteiger partial charge in [-0.25, -0.2) is 8.42 Å². The molecule has 0 aliphatic heterocycles. The summed E-state index contributed by atoms with van der Waals surface area (Å²) in [6.07, 6.45) is 0. The van der Waals surface area contributed by atoms with Crippen molar-refractivity contribution in [3.05, 3.63) is 44.6 Å². The fourth-order valence-corrected chi connectivity index (χ4v) is 4.79. The zero-order valence-electron chi connectivity index (χ0n) is 10.2. The standard InChI is InChI=1S/C11H9Cl2N3O3S2/c12-9-5-8(10(13)20-9)21(18,19)16-7-4-2-1-3-6(7)11(14)15-17/h1-5,16-17H,(H2,14,15). The second-order valence-corrected chi connectivity index (χ2v) is 7.76. The number of sulfonamides is 1. The summed E-state index contributed by atoms with van der Waals surface area (Å²) in [6.45, 7) is 0. The number of nitrogens with zero attached hydrogens (tertiary/aromatic N) is 1. The summed E-state index contributed by atoms with van der Waals surface area (Å²) in [4.78, 5) is -0.131. The molecule has 0 saturated heterocycles. The molecule has 10 heteroatoms. The van der Waals surface area contributed by atoms with Crippen molar-refractivity contribution in [2.24, 2.45) is 10.9 Å². The molecule has 6 nitrogen and oxygen atoms in total. The van der Waals surface area contributed by atoms with Crippen LogP contribution in [0.2, 0.25) is 8.67 Å². The Morgan fingerprint density at radius 3 is 2.57 bits per heavy atom. The van der Waals surface area contributed by atoms with E-state index < -0.39 is 10.0 Å². The van der Waals surface area contributed by atoms with Gasteiger partial charge in [0, 0.05) is 5.56 Å². The van der Waals surface area contributed by atoms with E-state index in [9.17, 15) is 8.42 Å². The third-order valence-corrected chi connectivity index (χ3v) is 5.59. The predicted molar refractivity (Wildman–Crippen MR) is 84.1 cm³/mol. The van der Waals surface area contributed by atoms with Gasteiger partial charge in [0.05, 0.1) is 10.0 Å². The minimum atomic E-state index is -3.94. The highest BCUT2D eigenvalue weighted by atomic mass is 35.5. The normalized spacial score (nSPS) is 12.4. The summed E-state index contributed by atoms with van der Waals surface area (Å²) in [5.41, 5.74) is 5.90. The summed E-state index contributed by atoms with van der Waals surface area (Å²) in [7, 11) is -3.94. The smallest absolute Gasteiger partial charge is 0.264 e. The van der Waals surface area contributed by atoms with E-state index in [1.807, 2.05) is 0 Å². The number of hydrogen-bond donors (Lipinski definition) is 3. The fraction of sp³-hybridized carbons (Fsp3) is 0. The van der Waals surface area contributed by atoms with Gasteiger partial charge in [-0.15, -0.1) is 11.3 Å².